The summed E-state index contributed by atoms with van der Waals surface area (Å²) in [6.45, 7) is 4.65. The highest BCUT2D eigenvalue weighted by atomic mass is 16.5. The van der Waals surface area contributed by atoms with E-state index in [4.69, 9.17) is 15.4 Å². The fourth-order valence-electron chi connectivity index (χ4n) is 2.48. The van der Waals surface area contributed by atoms with Crippen molar-refractivity contribution in [3.63, 3.8) is 0 Å². The average molecular weight is 253 g/mol. The van der Waals surface area contributed by atoms with Crippen LogP contribution >= 0.6 is 0 Å². The monoisotopic (exact) mass is 253 g/mol. The maximum atomic E-state index is 8.84. The van der Waals surface area contributed by atoms with Crippen LogP contribution in [-0.2, 0) is 0 Å². The first kappa shape index (κ1) is 13.5. The molecule has 1 heterocycles. The standard InChI is InChI=1S/C13H23N3O2/c1-13(2)6-3-9(4-7-13)11-15-12(18-16-11)10(14)5-8-17/h9-10,17H,3-8,14H2,1-2H3. The molecule has 1 fully saturated rings. The van der Waals surface area contributed by atoms with Crippen LogP contribution in [0.15, 0.2) is 4.52 Å². The number of nitrogens with zero attached hydrogens (tertiary/aromatic N) is 2. The number of hydrogen-bond donors (Lipinski definition) is 2. The lowest BCUT2D eigenvalue weighted by Crippen LogP contribution is -2.21. The molecule has 3 N–H and O–H groups in total. The van der Waals surface area contributed by atoms with Gasteiger partial charge in [-0.3, -0.25) is 0 Å². The molecule has 0 bridgehead atoms. The Morgan fingerprint density at radius 3 is 2.72 bits per heavy atom. The van der Waals surface area contributed by atoms with Crippen LogP contribution in [0.4, 0.5) is 0 Å². The molecule has 1 atom stereocenters. The first-order valence-corrected chi connectivity index (χ1v) is 6.72. The molecule has 1 unspecified atom stereocenters. The van der Waals surface area contributed by atoms with Crippen LogP contribution < -0.4 is 5.73 Å². The highest BCUT2D eigenvalue weighted by Crippen LogP contribution is 2.41. The van der Waals surface area contributed by atoms with Crippen LogP contribution in [0.3, 0.4) is 0 Å². The van der Waals surface area contributed by atoms with Gasteiger partial charge in [0.25, 0.3) is 0 Å². The Kier molecular flexibility index (Phi) is 4.02. The zero-order valence-corrected chi connectivity index (χ0v) is 11.2. The predicted molar refractivity (Wildman–Crippen MR) is 67.9 cm³/mol. The first-order chi connectivity index (χ1) is 8.52. The van der Waals surface area contributed by atoms with Gasteiger partial charge in [-0.25, -0.2) is 0 Å². The van der Waals surface area contributed by atoms with Crippen molar-refractivity contribution < 1.29 is 9.63 Å². The van der Waals surface area contributed by atoms with E-state index in [0.717, 1.165) is 18.7 Å². The molecule has 5 nitrogen and oxygen atoms in total. The smallest absolute Gasteiger partial charge is 0.243 e. The maximum Gasteiger partial charge on any atom is 0.243 e. The van der Waals surface area contributed by atoms with E-state index in [2.05, 4.69) is 24.0 Å². The minimum Gasteiger partial charge on any atom is -0.396 e. The molecule has 0 amide bonds. The number of rotatable bonds is 4. The van der Waals surface area contributed by atoms with E-state index in [9.17, 15) is 0 Å². The summed E-state index contributed by atoms with van der Waals surface area (Å²) >= 11 is 0. The zero-order valence-electron chi connectivity index (χ0n) is 11.2. The van der Waals surface area contributed by atoms with Crippen LogP contribution in [0.2, 0.25) is 0 Å². The van der Waals surface area contributed by atoms with Crippen molar-refractivity contribution in [2.45, 2.75) is 57.9 Å². The summed E-state index contributed by atoms with van der Waals surface area (Å²) in [5, 5.41) is 12.9. The van der Waals surface area contributed by atoms with Crippen molar-refractivity contribution in [1.29, 1.82) is 0 Å². The van der Waals surface area contributed by atoms with Gasteiger partial charge in [0, 0.05) is 12.5 Å². The van der Waals surface area contributed by atoms with E-state index in [1.165, 1.54) is 12.8 Å². The summed E-state index contributed by atoms with van der Waals surface area (Å²) in [5.74, 6) is 1.63. The van der Waals surface area contributed by atoms with Gasteiger partial charge in [0.15, 0.2) is 5.82 Å². The molecule has 18 heavy (non-hydrogen) atoms. The highest BCUT2D eigenvalue weighted by molar-refractivity contribution is 5.00. The quantitative estimate of drug-likeness (QED) is 0.858. The minimum atomic E-state index is -0.351. The third-order valence-electron chi connectivity index (χ3n) is 3.92. The van der Waals surface area contributed by atoms with Gasteiger partial charge in [0.1, 0.15) is 0 Å². The normalized spacial score (nSPS) is 22.0. The molecule has 0 radical (unpaired) electrons. The van der Waals surface area contributed by atoms with Crippen molar-refractivity contribution in [2.75, 3.05) is 6.61 Å². The first-order valence-electron chi connectivity index (χ1n) is 6.72. The second-order valence-corrected chi connectivity index (χ2v) is 6.05. The van der Waals surface area contributed by atoms with E-state index in [1.54, 1.807) is 0 Å². The SMILES string of the molecule is CC1(C)CCC(c2noc(C(N)CCO)n2)CC1. The third-order valence-corrected chi connectivity index (χ3v) is 3.92. The van der Waals surface area contributed by atoms with Gasteiger partial charge in [0.2, 0.25) is 5.89 Å². The minimum absolute atomic E-state index is 0.0382. The van der Waals surface area contributed by atoms with E-state index in [-0.39, 0.29) is 12.6 Å². The fourth-order valence-corrected chi connectivity index (χ4v) is 2.48. The summed E-state index contributed by atoms with van der Waals surface area (Å²) < 4.78 is 5.19. The Hall–Kier alpha value is -0.940. The van der Waals surface area contributed by atoms with Crippen molar-refractivity contribution >= 4 is 0 Å². The molecule has 102 valence electrons. The van der Waals surface area contributed by atoms with E-state index < -0.39 is 0 Å². The van der Waals surface area contributed by atoms with Gasteiger partial charge in [0.05, 0.1) is 6.04 Å². The Bertz CT molecular complexity index is 379. The van der Waals surface area contributed by atoms with E-state index >= 15 is 0 Å². The molecule has 0 saturated heterocycles. The van der Waals surface area contributed by atoms with Crippen LogP contribution in [0.1, 0.15) is 69.6 Å². The molecule has 0 aromatic carbocycles. The summed E-state index contributed by atoms with van der Waals surface area (Å²) in [6.07, 6.45) is 5.08. The molecule has 1 aromatic rings. The summed E-state index contributed by atoms with van der Waals surface area (Å²) in [7, 11) is 0. The lowest BCUT2D eigenvalue weighted by Gasteiger charge is -2.32. The lowest BCUT2D eigenvalue weighted by atomic mass is 9.73. The molecule has 0 spiro atoms. The average Bonchev–Trinajstić information content (AvgIpc) is 2.79. The van der Waals surface area contributed by atoms with Gasteiger partial charge in [-0.2, -0.15) is 4.98 Å². The molecule has 1 aromatic heterocycles. The van der Waals surface area contributed by atoms with Crippen LogP contribution in [-0.4, -0.2) is 21.9 Å². The number of nitrogens with two attached hydrogens (primary N) is 1. The third kappa shape index (κ3) is 3.09. The van der Waals surface area contributed by atoms with Crippen molar-refractivity contribution in [3.05, 3.63) is 11.7 Å². The van der Waals surface area contributed by atoms with Crippen LogP contribution in [0, 0.1) is 5.41 Å². The molecule has 5 heteroatoms. The van der Waals surface area contributed by atoms with E-state index in [1.807, 2.05) is 0 Å². The number of hydrogen-bond acceptors (Lipinski definition) is 5. The Morgan fingerprint density at radius 1 is 1.44 bits per heavy atom. The van der Waals surface area contributed by atoms with Crippen LogP contribution in [0.5, 0.6) is 0 Å². The molecule has 1 saturated carbocycles. The summed E-state index contributed by atoms with van der Waals surface area (Å²) in [6, 6.07) is -0.351. The van der Waals surface area contributed by atoms with E-state index in [0.29, 0.717) is 23.6 Å². The van der Waals surface area contributed by atoms with Gasteiger partial charge in [-0.1, -0.05) is 19.0 Å². The van der Waals surface area contributed by atoms with Crippen molar-refractivity contribution in [1.82, 2.24) is 10.1 Å². The number of aliphatic hydroxyl groups is 1. The molecular formula is C13H23N3O2. The maximum absolute atomic E-state index is 8.84. The second kappa shape index (κ2) is 5.36. The van der Waals surface area contributed by atoms with Gasteiger partial charge < -0.3 is 15.4 Å². The number of aromatic nitrogens is 2. The predicted octanol–water partition coefficient (Wildman–Crippen LogP) is 2.14. The largest absolute Gasteiger partial charge is 0.396 e. The van der Waals surface area contributed by atoms with Crippen molar-refractivity contribution in [2.24, 2.45) is 11.1 Å². The van der Waals surface area contributed by atoms with Crippen molar-refractivity contribution in [3.8, 4) is 0 Å². The zero-order chi connectivity index (χ0) is 13.2. The number of aliphatic hydroxyl groups excluding tert-OH is 1. The molecule has 2 rings (SSSR count). The van der Waals surface area contributed by atoms with Gasteiger partial charge in [-0.05, 0) is 37.5 Å². The Morgan fingerprint density at radius 2 is 2.11 bits per heavy atom. The Labute approximate surface area is 108 Å². The summed E-state index contributed by atoms with van der Waals surface area (Å²) in [4.78, 5) is 4.39. The second-order valence-electron chi connectivity index (χ2n) is 6.05. The lowest BCUT2D eigenvalue weighted by molar-refractivity contribution is 0.218. The van der Waals surface area contributed by atoms with Crippen LogP contribution in [0.25, 0.3) is 0 Å². The van der Waals surface area contributed by atoms with Gasteiger partial charge in [-0.15, -0.1) is 0 Å². The topological polar surface area (TPSA) is 85.2 Å². The highest BCUT2D eigenvalue weighted by Gasteiger charge is 2.30. The molecular weight excluding hydrogens is 230 g/mol. The summed E-state index contributed by atoms with van der Waals surface area (Å²) in [5.41, 5.74) is 6.28. The molecule has 1 aliphatic carbocycles. The molecule has 1 aliphatic rings. The fraction of sp³-hybridized carbons (Fsp3) is 0.846. The molecule has 0 aliphatic heterocycles. The van der Waals surface area contributed by atoms with Gasteiger partial charge >= 0.3 is 0 Å². The Balaban J connectivity index is 1.98.